The lowest BCUT2D eigenvalue weighted by Crippen LogP contribution is -2.45. The summed E-state index contributed by atoms with van der Waals surface area (Å²) in [4.78, 5) is 1.90. The Hall–Kier alpha value is -1.53. The topological polar surface area (TPSA) is 76.0 Å². The van der Waals surface area contributed by atoms with Gasteiger partial charge in [0.15, 0.2) is 11.5 Å². The van der Waals surface area contributed by atoms with E-state index in [4.69, 9.17) is 0 Å². The third-order valence-corrected chi connectivity index (χ3v) is 3.26. The highest BCUT2D eigenvalue weighted by Crippen LogP contribution is 2.41. The van der Waals surface area contributed by atoms with Gasteiger partial charge in [0.05, 0.1) is 6.04 Å². The average molecular weight is 256 g/mol. The van der Waals surface area contributed by atoms with Gasteiger partial charge in [0.2, 0.25) is 5.75 Å². The number of nitrogens with zero attached hydrogens (tertiary/aromatic N) is 1. The van der Waals surface area contributed by atoms with E-state index in [1.807, 2.05) is 4.90 Å². The molecule has 1 atom stereocenters. The first kappa shape index (κ1) is 12.9. The SMILES string of the molecule is Oc1ccc([C@H](CF)N2CCNCC2)c(O)c1O. The largest absolute Gasteiger partial charge is 0.504 e. The van der Waals surface area contributed by atoms with Crippen molar-refractivity contribution in [3.63, 3.8) is 0 Å². The van der Waals surface area contributed by atoms with Crippen LogP contribution in [0.25, 0.3) is 0 Å². The molecule has 100 valence electrons. The first-order chi connectivity index (χ1) is 8.65. The van der Waals surface area contributed by atoms with Crippen LogP contribution in [-0.4, -0.2) is 53.1 Å². The minimum absolute atomic E-state index is 0.301. The van der Waals surface area contributed by atoms with Crippen LogP contribution in [0.3, 0.4) is 0 Å². The minimum atomic E-state index is -0.655. The maximum Gasteiger partial charge on any atom is 0.200 e. The molecule has 1 heterocycles. The highest BCUT2D eigenvalue weighted by Gasteiger charge is 2.26. The van der Waals surface area contributed by atoms with Crippen LogP contribution in [0.15, 0.2) is 12.1 Å². The summed E-state index contributed by atoms with van der Waals surface area (Å²) in [6, 6.07) is 2.10. The van der Waals surface area contributed by atoms with E-state index < -0.39 is 30.0 Å². The number of rotatable bonds is 3. The summed E-state index contributed by atoms with van der Waals surface area (Å²) in [5.74, 6) is -1.45. The zero-order chi connectivity index (χ0) is 13.1. The molecule has 0 unspecified atom stereocenters. The summed E-state index contributed by atoms with van der Waals surface area (Å²) in [6.45, 7) is 2.23. The lowest BCUT2D eigenvalue weighted by atomic mass is 10.0. The monoisotopic (exact) mass is 256 g/mol. The van der Waals surface area contributed by atoms with Crippen LogP contribution in [0.1, 0.15) is 11.6 Å². The molecule has 0 aliphatic carbocycles. The Kier molecular flexibility index (Phi) is 3.88. The van der Waals surface area contributed by atoms with Crippen LogP contribution in [0, 0.1) is 0 Å². The third-order valence-electron chi connectivity index (χ3n) is 3.26. The number of hydrogen-bond acceptors (Lipinski definition) is 5. The Bertz CT molecular complexity index is 422. The smallest absolute Gasteiger partial charge is 0.200 e. The van der Waals surface area contributed by atoms with Crippen LogP contribution < -0.4 is 5.32 Å². The molecule has 6 heteroatoms. The fourth-order valence-electron chi connectivity index (χ4n) is 2.22. The summed E-state index contributed by atoms with van der Waals surface area (Å²) in [5.41, 5.74) is 0.301. The van der Waals surface area contributed by atoms with E-state index >= 15 is 0 Å². The molecule has 0 aromatic heterocycles. The van der Waals surface area contributed by atoms with Gasteiger partial charge in [-0.1, -0.05) is 0 Å². The number of hydrogen-bond donors (Lipinski definition) is 4. The Labute approximate surface area is 104 Å². The van der Waals surface area contributed by atoms with Crippen LogP contribution >= 0.6 is 0 Å². The van der Waals surface area contributed by atoms with Crippen molar-refractivity contribution in [2.75, 3.05) is 32.9 Å². The normalized spacial score (nSPS) is 18.7. The van der Waals surface area contributed by atoms with Crippen molar-refractivity contribution >= 4 is 0 Å². The molecule has 0 radical (unpaired) electrons. The van der Waals surface area contributed by atoms with Gasteiger partial charge >= 0.3 is 0 Å². The predicted molar refractivity (Wildman–Crippen MR) is 64.6 cm³/mol. The van der Waals surface area contributed by atoms with Crippen LogP contribution in [0.2, 0.25) is 0 Å². The first-order valence-electron chi connectivity index (χ1n) is 5.89. The second-order valence-corrected chi connectivity index (χ2v) is 4.33. The molecule has 18 heavy (non-hydrogen) atoms. The van der Waals surface area contributed by atoms with E-state index in [9.17, 15) is 19.7 Å². The first-order valence-corrected chi connectivity index (χ1v) is 5.89. The maximum absolute atomic E-state index is 13.2. The number of nitrogens with one attached hydrogen (secondary N) is 1. The number of alkyl halides is 1. The zero-order valence-corrected chi connectivity index (χ0v) is 9.93. The van der Waals surface area contributed by atoms with Crippen molar-refractivity contribution in [3.05, 3.63) is 17.7 Å². The molecular weight excluding hydrogens is 239 g/mol. The number of phenols is 3. The van der Waals surface area contributed by atoms with Crippen molar-refractivity contribution in [2.45, 2.75) is 6.04 Å². The molecule has 1 aliphatic heterocycles. The highest BCUT2D eigenvalue weighted by atomic mass is 19.1. The number of aromatic hydroxyl groups is 3. The van der Waals surface area contributed by atoms with Gasteiger partial charge in [0.1, 0.15) is 6.67 Å². The molecule has 1 aromatic rings. The van der Waals surface area contributed by atoms with Crippen molar-refractivity contribution < 1.29 is 19.7 Å². The van der Waals surface area contributed by atoms with Gasteiger partial charge in [-0.05, 0) is 12.1 Å². The van der Waals surface area contributed by atoms with Gasteiger partial charge in [0, 0.05) is 31.7 Å². The fraction of sp³-hybridized carbons (Fsp3) is 0.500. The minimum Gasteiger partial charge on any atom is -0.504 e. The summed E-state index contributed by atoms with van der Waals surface area (Å²) >= 11 is 0. The Morgan fingerprint density at radius 2 is 1.83 bits per heavy atom. The Balaban J connectivity index is 2.29. The van der Waals surface area contributed by atoms with Crippen LogP contribution in [-0.2, 0) is 0 Å². The van der Waals surface area contributed by atoms with Gasteiger partial charge in [-0.25, -0.2) is 4.39 Å². The van der Waals surface area contributed by atoms with E-state index in [1.54, 1.807) is 0 Å². The van der Waals surface area contributed by atoms with Crippen LogP contribution in [0.5, 0.6) is 17.2 Å². The standard InChI is InChI=1S/C12H17FN2O3/c13-7-9(15-5-3-14-4-6-15)8-1-2-10(16)12(18)11(8)17/h1-2,9,14,16-18H,3-7H2/t9-/m0/s1. The Morgan fingerprint density at radius 3 is 2.44 bits per heavy atom. The molecule has 0 spiro atoms. The summed E-state index contributed by atoms with van der Waals surface area (Å²) < 4.78 is 13.2. The van der Waals surface area contributed by atoms with Gasteiger partial charge in [-0.3, -0.25) is 4.90 Å². The quantitative estimate of drug-likeness (QED) is 0.600. The van der Waals surface area contributed by atoms with Gasteiger partial charge < -0.3 is 20.6 Å². The molecule has 5 nitrogen and oxygen atoms in total. The molecule has 0 amide bonds. The number of halogens is 1. The summed E-state index contributed by atoms with van der Waals surface area (Å²) in [7, 11) is 0. The summed E-state index contributed by atoms with van der Waals surface area (Å²) in [5, 5.41) is 31.7. The molecule has 1 aromatic carbocycles. The van der Waals surface area contributed by atoms with E-state index in [0.29, 0.717) is 18.7 Å². The maximum atomic E-state index is 13.2. The molecule has 2 rings (SSSR count). The average Bonchev–Trinajstić information content (AvgIpc) is 2.41. The number of benzene rings is 1. The van der Waals surface area contributed by atoms with Crippen molar-refractivity contribution in [2.24, 2.45) is 0 Å². The van der Waals surface area contributed by atoms with E-state index in [1.165, 1.54) is 12.1 Å². The van der Waals surface area contributed by atoms with Crippen molar-refractivity contribution in [1.29, 1.82) is 0 Å². The Morgan fingerprint density at radius 1 is 1.17 bits per heavy atom. The van der Waals surface area contributed by atoms with Gasteiger partial charge in [-0.15, -0.1) is 0 Å². The lowest BCUT2D eigenvalue weighted by molar-refractivity contribution is 0.144. The van der Waals surface area contributed by atoms with Crippen molar-refractivity contribution in [1.82, 2.24) is 10.2 Å². The van der Waals surface area contributed by atoms with Gasteiger partial charge in [-0.2, -0.15) is 0 Å². The van der Waals surface area contributed by atoms with Crippen molar-refractivity contribution in [3.8, 4) is 17.2 Å². The van der Waals surface area contributed by atoms with E-state index in [2.05, 4.69) is 5.32 Å². The predicted octanol–water partition coefficient (Wildman–Crippen LogP) is 0.719. The lowest BCUT2D eigenvalue weighted by Gasteiger charge is -2.33. The van der Waals surface area contributed by atoms with E-state index in [0.717, 1.165) is 13.1 Å². The fourth-order valence-corrected chi connectivity index (χ4v) is 2.22. The second-order valence-electron chi connectivity index (χ2n) is 4.33. The highest BCUT2D eigenvalue weighted by molar-refractivity contribution is 5.54. The van der Waals surface area contributed by atoms with Gasteiger partial charge in [0.25, 0.3) is 0 Å². The van der Waals surface area contributed by atoms with E-state index in [-0.39, 0.29) is 0 Å². The molecule has 0 saturated carbocycles. The molecule has 1 aliphatic rings. The molecular formula is C12H17FN2O3. The van der Waals surface area contributed by atoms with Crippen LogP contribution in [0.4, 0.5) is 4.39 Å². The summed E-state index contributed by atoms with van der Waals surface area (Å²) in [6.07, 6.45) is 0. The third kappa shape index (κ3) is 2.34. The molecule has 0 bridgehead atoms. The molecule has 4 N–H and O–H groups in total. The zero-order valence-electron chi connectivity index (χ0n) is 9.93. The molecule has 1 saturated heterocycles. The molecule has 1 fully saturated rings. The second kappa shape index (κ2) is 5.41. The number of phenolic OH excluding ortho intramolecular Hbond substituents is 3. The number of piperazine rings is 1.